The Balaban J connectivity index is 1.49. The molecule has 7 nitrogen and oxygen atoms in total. The van der Waals surface area contributed by atoms with E-state index in [1.54, 1.807) is 29.3 Å². The minimum Gasteiger partial charge on any atom is -0.352 e. The van der Waals surface area contributed by atoms with Crippen molar-refractivity contribution in [3.8, 4) is 5.69 Å². The average molecular weight is 375 g/mol. The van der Waals surface area contributed by atoms with Crippen LogP contribution < -0.4 is 10.5 Å². The van der Waals surface area contributed by atoms with Gasteiger partial charge in [-0.2, -0.15) is 4.68 Å². The zero-order valence-corrected chi connectivity index (χ0v) is 15.7. The third kappa shape index (κ3) is 3.64. The first-order chi connectivity index (χ1) is 13.6. The SMILES string of the molecule is Cc1ccc(-n2nc(N3CCN(C(=O)c4ccccn4)CC3)ccc2=O)cc1. The van der Waals surface area contributed by atoms with Crippen LogP contribution in [0.1, 0.15) is 16.1 Å². The van der Waals surface area contributed by atoms with Gasteiger partial charge in [-0.25, -0.2) is 0 Å². The molecule has 1 aliphatic rings. The molecule has 2 aromatic heterocycles. The summed E-state index contributed by atoms with van der Waals surface area (Å²) in [7, 11) is 0. The number of hydrogen-bond acceptors (Lipinski definition) is 5. The number of carbonyl (C=O) groups is 1. The van der Waals surface area contributed by atoms with E-state index in [2.05, 4.69) is 15.0 Å². The normalized spacial score (nSPS) is 14.2. The Bertz CT molecular complexity index is 1020. The number of aromatic nitrogens is 3. The summed E-state index contributed by atoms with van der Waals surface area (Å²) in [4.78, 5) is 32.8. The summed E-state index contributed by atoms with van der Waals surface area (Å²) in [6.45, 7) is 4.47. The number of nitrogens with zero attached hydrogens (tertiary/aromatic N) is 5. The molecule has 0 bridgehead atoms. The van der Waals surface area contributed by atoms with Crippen LogP contribution in [0.25, 0.3) is 5.69 Å². The van der Waals surface area contributed by atoms with Crippen molar-refractivity contribution in [2.75, 3.05) is 31.1 Å². The summed E-state index contributed by atoms with van der Waals surface area (Å²) in [6, 6.07) is 16.3. The Kier molecular flexibility index (Phi) is 4.89. The van der Waals surface area contributed by atoms with E-state index in [4.69, 9.17) is 0 Å². The zero-order chi connectivity index (χ0) is 19.5. The van der Waals surface area contributed by atoms with E-state index in [9.17, 15) is 9.59 Å². The highest BCUT2D eigenvalue weighted by molar-refractivity contribution is 5.92. The maximum atomic E-state index is 12.5. The number of hydrogen-bond donors (Lipinski definition) is 0. The molecule has 1 fully saturated rings. The second-order valence-corrected chi connectivity index (χ2v) is 6.77. The molecule has 1 saturated heterocycles. The number of anilines is 1. The van der Waals surface area contributed by atoms with Crippen LogP contribution in [0.2, 0.25) is 0 Å². The second kappa shape index (κ2) is 7.64. The van der Waals surface area contributed by atoms with Crippen molar-refractivity contribution in [1.82, 2.24) is 19.7 Å². The van der Waals surface area contributed by atoms with E-state index in [1.165, 1.54) is 10.7 Å². The van der Waals surface area contributed by atoms with Gasteiger partial charge in [-0.15, -0.1) is 5.10 Å². The van der Waals surface area contributed by atoms with Gasteiger partial charge in [-0.3, -0.25) is 14.6 Å². The lowest BCUT2D eigenvalue weighted by Crippen LogP contribution is -2.49. The van der Waals surface area contributed by atoms with Crippen molar-refractivity contribution in [3.05, 3.63) is 82.4 Å². The Morgan fingerprint density at radius 1 is 0.929 bits per heavy atom. The molecule has 0 atom stereocenters. The molecule has 0 radical (unpaired) electrons. The maximum absolute atomic E-state index is 12.5. The lowest BCUT2D eigenvalue weighted by Gasteiger charge is -2.35. The lowest BCUT2D eigenvalue weighted by molar-refractivity contribution is 0.0740. The first kappa shape index (κ1) is 17.9. The minimum absolute atomic E-state index is 0.0576. The molecule has 0 unspecified atom stereocenters. The van der Waals surface area contributed by atoms with Crippen LogP contribution in [0.3, 0.4) is 0 Å². The molecule has 1 amide bonds. The van der Waals surface area contributed by atoms with Crippen LogP contribution in [-0.4, -0.2) is 51.8 Å². The van der Waals surface area contributed by atoms with E-state index >= 15 is 0 Å². The zero-order valence-electron chi connectivity index (χ0n) is 15.7. The van der Waals surface area contributed by atoms with Crippen molar-refractivity contribution < 1.29 is 4.79 Å². The molecule has 0 aliphatic carbocycles. The largest absolute Gasteiger partial charge is 0.352 e. The van der Waals surface area contributed by atoms with Gasteiger partial charge in [-0.05, 0) is 37.3 Å². The van der Waals surface area contributed by atoms with Gasteiger partial charge in [0, 0.05) is 38.4 Å². The quantitative estimate of drug-likeness (QED) is 0.699. The first-order valence-electron chi connectivity index (χ1n) is 9.24. The third-order valence-electron chi connectivity index (χ3n) is 4.84. The summed E-state index contributed by atoms with van der Waals surface area (Å²) in [6.07, 6.45) is 1.63. The highest BCUT2D eigenvalue weighted by Gasteiger charge is 2.23. The van der Waals surface area contributed by atoms with Crippen LogP contribution in [0.5, 0.6) is 0 Å². The number of piperazine rings is 1. The fourth-order valence-electron chi connectivity index (χ4n) is 3.23. The number of rotatable bonds is 3. The van der Waals surface area contributed by atoms with Crippen LogP contribution in [0.4, 0.5) is 5.82 Å². The van der Waals surface area contributed by atoms with Gasteiger partial charge in [0.2, 0.25) is 0 Å². The highest BCUT2D eigenvalue weighted by Crippen LogP contribution is 2.15. The Morgan fingerprint density at radius 3 is 2.36 bits per heavy atom. The summed E-state index contributed by atoms with van der Waals surface area (Å²) in [5.41, 5.74) is 2.15. The molecule has 1 aromatic carbocycles. The highest BCUT2D eigenvalue weighted by atomic mass is 16.2. The van der Waals surface area contributed by atoms with Gasteiger partial charge < -0.3 is 9.80 Å². The fraction of sp³-hybridized carbons (Fsp3) is 0.238. The number of pyridine rings is 1. The van der Waals surface area contributed by atoms with E-state index in [-0.39, 0.29) is 11.5 Å². The van der Waals surface area contributed by atoms with Gasteiger partial charge in [0.15, 0.2) is 0 Å². The van der Waals surface area contributed by atoms with Gasteiger partial charge in [0.25, 0.3) is 11.5 Å². The minimum atomic E-state index is -0.170. The monoisotopic (exact) mass is 375 g/mol. The number of aryl methyl sites for hydroxylation is 1. The van der Waals surface area contributed by atoms with Gasteiger partial charge in [-0.1, -0.05) is 23.8 Å². The lowest BCUT2D eigenvalue weighted by atomic mass is 10.2. The van der Waals surface area contributed by atoms with Crippen LogP contribution in [0.15, 0.2) is 65.6 Å². The van der Waals surface area contributed by atoms with E-state index in [0.29, 0.717) is 31.9 Å². The maximum Gasteiger partial charge on any atom is 0.272 e. The molecule has 1 aliphatic heterocycles. The number of amides is 1. The molecule has 3 heterocycles. The van der Waals surface area contributed by atoms with E-state index < -0.39 is 0 Å². The molecule has 0 N–H and O–H groups in total. The molecular weight excluding hydrogens is 354 g/mol. The summed E-state index contributed by atoms with van der Waals surface area (Å²) in [5.74, 6) is 0.669. The first-order valence-corrected chi connectivity index (χ1v) is 9.24. The summed E-state index contributed by atoms with van der Waals surface area (Å²) < 4.78 is 1.42. The van der Waals surface area contributed by atoms with Crippen LogP contribution in [-0.2, 0) is 0 Å². The van der Waals surface area contributed by atoms with Crippen LogP contribution in [0, 0.1) is 6.92 Å². The van der Waals surface area contributed by atoms with Crippen molar-refractivity contribution in [3.63, 3.8) is 0 Å². The predicted molar refractivity (Wildman–Crippen MR) is 107 cm³/mol. The second-order valence-electron chi connectivity index (χ2n) is 6.77. The molecule has 142 valence electrons. The molecular formula is C21H21N5O2. The standard InChI is InChI=1S/C21H21N5O2/c1-16-5-7-17(8-6-16)26-20(27)10-9-19(23-26)24-12-14-25(15-13-24)21(28)18-4-2-3-11-22-18/h2-11H,12-15H2,1H3. The van der Waals surface area contributed by atoms with Crippen molar-refractivity contribution in [2.45, 2.75) is 6.92 Å². The smallest absolute Gasteiger partial charge is 0.272 e. The molecule has 7 heteroatoms. The van der Waals surface area contributed by atoms with Gasteiger partial charge in [0.05, 0.1) is 5.69 Å². The van der Waals surface area contributed by atoms with Gasteiger partial charge >= 0.3 is 0 Å². The van der Waals surface area contributed by atoms with Crippen molar-refractivity contribution in [1.29, 1.82) is 0 Å². The molecule has 28 heavy (non-hydrogen) atoms. The van der Waals surface area contributed by atoms with Gasteiger partial charge in [0.1, 0.15) is 11.5 Å². The number of carbonyl (C=O) groups excluding carboxylic acids is 1. The predicted octanol–water partition coefficient (Wildman–Crippen LogP) is 1.90. The summed E-state index contributed by atoms with van der Waals surface area (Å²) in [5, 5.41) is 4.54. The third-order valence-corrected chi connectivity index (χ3v) is 4.84. The Morgan fingerprint density at radius 2 is 1.68 bits per heavy atom. The molecule has 4 rings (SSSR count). The van der Waals surface area contributed by atoms with Crippen LogP contribution >= 0.6 is 0 Å². The fourth-order valence-corrected chi connectivity index (χ4v) is 3.23. The van der Waals surface area contributed by atoms with Crippen molar-refractivity contribution >= 4 is 11.7 Å². The Hall–Kier alpha value is -3.48. The van der Waals surface area contributed by atoms with E-state index in [1.807, 2.05) is 37.3 Å². The molecule has 3 aromatic rings. The topological polar surface area (TPSA) is 71.3 Å². The molecule has 0 spiro atoms. The Labute approximate surface area is 162 Å². The summed E-state index contributed by atoms with van der Waals surface area (Å²) >= 11 is 0. The molecule has 0 saturated carbocycles. The number of benzene rings is 1. The van der Waals surface area contributed by atoms with E-state index in [0.717, 1.165) is 17.1 Å². The average Bonchev–Trinajstić information content (AvgIpc) is 2.75. The van der Waals surface area contributed by atoms with Crippen molar-refractivity contribution in [2.24, 2.45) is 0 Å².